The molecule has 0 unspecified atom stereocenters. The van der Waals surface area contributed by atoms with Gasteiger partial charge in [-0.25, -0.2) is 9.97 Å². The van der Waals surface area contributed by atoms with Crippen LogP contribution in [0.5, 0.6) is 0 Å². The van der Waals surface area contributed by atoms with E-state index >= 15 is 0 Å². The molecule has 3 aromatic carbocycles. The molecule has 4 aromatic rings. The molecule has 0 fully saturated rings. The van der Waals surface area contributed by atoms with E-state index < -0.39 is 4.92 Å². The van der Waals surface area contributed by atoms with Crippen molar-refractivity contribution in [2.24, 2.45) is 5.10 Å². The van der Waals surface area contributed by atoms with Gasteiger partial charge in [0.25, 0.3) is 11.6 Å². The molecule has 4 rings (SSSR count). The molecule has 10 nitrogen and oxygen atoms in total. The maximum Gasteiger partial charge on any atom is 0.269 e. The lowest BCUT2D eigenvalue weighted by atomic mass is 10.1. The number of benzene rings is 3. The number of nitro benzene ring substituents is 1. The fraction of sp³-hybridized carbons (Fsp3) is 0.0769. The fourth-order valence-corrected chi connectivity index (χ4v) is 3.36. The van der Waals surface area contributed by atoms with E-state index in [1.54, 1.807) is 37.3 Å². The topological polar surface area (TPSA) is 148 Å². The standard InChI is InChI=1S/C26H23N7O3/c1-17(31-32-21-10-12-22(13-11-21)33(35)36)24-25(27)28-16-23(30-24)19-8-5-9-20(14-19)26(34)29-15-18-6-3-2-4-7-18/h2-14,16,32H,15H2,1H3,(H2,27,28)(H,29,34). The van der Waals surface area contributed by atoms with Crippen molar-refractivity contribution in [3.05, 3.63) is 112 Å². The lowest BCUT2D eigenvalue weighted by Gasteiger charge is -2.09. The van der Waals surface area contributed by atoms with Crippen molar-refractivity contribution in [1.82, 2.24) is 15.3 Å². The minimum absolute atomic E-state index is 0.0139. The number of nitrogens with one attached hydrogen (secondary N) is 2. The number of nitrogens with zero attached hydrogens (tertiary/aromatic N) is 4. The van der Waals surface area contributed by atoms with Gasteiger partial charge in [-0.1, -0.05) is 42.5 Å². The van der Waals surface area contributed by atoms with Gasteiger partial charge >= 0.3 is 0 Å². The van der Waals surface area contributed by atoms with Crippen LogP contribution in [0.15, 0.2) is 90.2 Å². The first-order valence-electron chi connectivity index (χ1n) is 11.0. The summed E-state index contributed by atoms with van der Waals surface area (Å²) in [7, 11) is 0. The molecule has 4 N–H and O–H groups in total. The average Bonchev–Trinajstić information content (AvgIpc) is 2.91. The first kappa shape index (κ1) is 24.0. The molecule has 0 atom stereocenters. The first-order chi connectivity index (χ1) is 17.4. The Bertz CT molecular complexity index is 1420. The highest BCUT2D eigenvalue weighted by Gasteiger charge is 2.12. The van der Waals surface area contributed by atoms with Crippen molar-refractivity contribution in [2.75, 3.05) is 11.2 Å². The fourth-order valence-electron chi connectivity index (χ4n) is 3.36. The molecule has 0 spiro atoms. The summed E-state index contributed by atoms with van der Waals surface area (Å²) < 4.78 is 0. The minimum atomic E-state index is -0.470. The van der Waals surface area contributed by atoms with Crippen LogP contribution >= 0.6 is 0 Å². The van der Waals surface area contributed by atoms with Gasteiger partial charge in [-0.2, -0.15) is 5.10 Å². The monoisotopic (exact) mass is 481 g/mol. The number of aromatic nitrogens is 2. The smallest absolute Gasteiger partial charge is 0.269 e. The number of nitro groups is 1. The van der Waals surface area contributed by atoms with E-state index in [-0.39, 0.29) is 17.4 Å². The highest BCUT2D eigenvalue weighted by Crippen LogP contribution is 2.21. The van der Waals surface area contributed by atoms with Crippen LogP contribution in [-0.2, 0) is 6.54 Å². The normalized spacial score (nSPS) is 11.1. The molecular formula is C26H23N7O3. The Labute approximate surface area is 207 Å². The molecule has 1 aromatic heterocycles. The Morgan fingerprint density at radius 2 is 1.81 bits per heavy atom. The molecule has 1 amide bonds. The van der Waals surface area contributed by atoms with Gasteiger partial charge in [-0.3, -0.25) is 20.3 Å². The minimum Gasteiger partial charge on any atom is -0.382 e. The second-order valence-electron chi connectivity index (χ2n) is 7.85. The zero-order valence-electron chi connectivity index (χ0n) is 19.4. The number of hydrazone groups is 1. The largest absolute Gasteiger partial charge is 0.382 e. The highest BCUT2D eigenvalue weighted by atomic mass is 16.6. The third kappa shape index (κ3) is 5.86. The number of amides is 1. The van der Waals surface area contributed by atoms with Gasteiger partial charge in [-0.05, 0) is 36.8 Å². The molecule has 0 radical (unpaired) electrons. The summed E-state index contributed by atoms with van der Waals surface area (Å²) >= 11 is 0. The van der Waals surface area contributed by atoms with Crippen LogP contribution in [0.1, 0.15) is 28.5 Å². The zero-order chi connectivity index (χ0) is 25.5. The molecule has 10 heteroatoms. The molecule has 0 bridgehead atoms. The van der Waals surface area contributed by atoms with Gasteiger partial charge < -0.3 is 11.1 Å². The summed E-state index contributed by atoms with van der Waals surface area (Å²) in [5.74, 6) is -0.00312. The number of hydrogen-bond acceptors (Lipinski definition) is 8. The van der Waals surface area contributed by atoms with Gasteiger partial charge in [0.05, 0.1) is 28.2 Å². The van der Waals surface area contributed by atoms with E-state index in [1.807, 2.05) is 36.4 Å². The molecule has 0 aliphatic heterocycles. The quantitative estimate of drug-likeness (QED) is 0.192. The lowest BCUT2D eigenvalue weighted by molar-refractivity contribution is -0.384. The highest BCUT2D eigenvalue weighted by molar-refractivity contribution is 6.01. The summed E-state index contributed by atoms with van der Waals surface area (Å²) in [5, 5.41) is 18.0. The van der Waals surface area contributed by atoms with Crippen molar-refractivity contribution in [3.8, 4) is 11.3 Å². The van der Waals surface area contributed by atoms with Gasteiger partial charge in [0.1, 0.15) is 5.69 Å². The number of non-ortho nitro benzene ring substituents is 1. The zero-order valence-corrected chi connectivity index (χ0v) is 19.4. The molecule has 1 heterocycles. The third-order valence-corrected chi connectivity index (χ3v) is 5.29. The Morgan fingerprint density at radius 3 is 2.53 bits per heavy atom. The summed E-state index contributed by atoms with van der Waals surface area (Å²) in [6, 6.07) is 22.6. The maximum atomic E-state index is 12.7. The summed E-state index contributed by atoms with van der Waals surface area (Å²) in [4.78, 5) is 31.9. The number of carbonyl (C=O) groups is 1. The third-order valence-electron chi connectivity index (χ3n) is 5.29. The van der Waals surface area contributed by atoms with Crippen molar-refractivity contribution in [2.45, 2.75) is 13.5 Å². The number of rotatable bonds is 8. The summed E-state index contributed by atoms with van der Waals surface area (Å²) in [6.45, 7) is 2.14. The maximum absolute atomic E-state index is 12.7. The second-order valence-corrected chi connectivity index (χ2v) is 7.85. The summed E-state index contributed by atoms with van der Waals surface area (Å²) in [5.41, 5.74) is 13.0. The van der Waals surface area contributed by atoms with Gasteiger partial charge in [-0.15, -0.1) is 0 Å². The average molecular weight is 482 g/mol. The van der Waals surface area contributed by atoms with Crippen LogP contribution in [-0.4, -0.2) is 26.5 Å². The van der Waals surface area contributed by atoms with E-state index in [1.165, 1.54) is 18.3 Å². The van der Waals surface area contributed by atoms with Crippen molar-refractivity contribution in [3.63, 3.8) is 0 Å². The molecule has 180 valence electrons. The summed E-state index contributed by atoms with van der Waals surface area (Å²) in [6.07, 6.45) is 1.54. The van der Waals surface area contributed by atoms with Crippen molar-refractivity contribution >= 4 is 28.8 Å². The Kier molecular flexibility index (Phi) is 7.25. The van der Waals surface area contributed by atoms with Crippen molar-refractivity contribution < 1.29 is 9.72 Å². The number of anilines is 2. The van der Waals surface area contributed by atoms with E-state index in [4.69, 9.17) is 5.73 Å². The van der Waals surface area contributed by atoms with E-state index in [0.717, 1.165) is 5.56 Å². The molecule has 0 saturated heterocycles. The predicted octanol–water partition coefficient (Wildman–Crippen LogP) is 4.40. The Balaban J connectivity index is 1.50. The molecular weight excluding hydrogens is 458 g/mol. The number of hydrogen-bond donors (Lipinski definition) is 3. The van der Waals surface area contributed by atoms with Crippen LogP contribution in [0.2, 0.25) is 0 Å². The van der Waals surface area contributed by atoms with E-state index in [0.29, 0.717) is 40.5 Å². The SMILES string of the molecule is CC(=NNc1ccc([N+](=O)[O-])cc1)c1nc(-c2cccc(C(=O)NCc3ccccc3)c2)cnc1N. The molecule has 0 saturated carbocycles. The Morgan fingerprint density at radius 1 is 1.06 bits per heavy atom. The van der Waals surface area contributed by atoms with Crippen LogP contribution in [0.4, 0.5) is 17.2 Å². The second kappa shape index (κ2) is 10.9. The molecule has 0 aliphatic rings. The lowest BCUT2D eigenvalue weighted by Crippen LogP contribution is -2.22. The van der Waals surface area contributed by atoms with Gasteiger partial charge in [0.15, 0.2) is 5.82 Å². The van der Waals surface area contributed by atoms with Gasteiger partial charge in [0, 0.05) is 29.8 Å². The van der Waals surface area contributed by atoms with Crippen LogP contribution in [0.25, 0.3) is 11.3 Å². The molecule has 36 heavy (non-hydrogen) atoms. The van der Waals surface area contributed by atoms with Crippen molar-refractivity contribution in [1.29, 1.82) is 0 Å². The number of nitrogens with two attached hydrogens (primary N) is 1. The number of nitrogen functional groups attached to an aromatic ring is 1. The van der Waals surface area contributed by atoms with Crippen LogP contribution in [0.3, 0.4) is 0 Å². The predicted molar refractivity (Wildman–Crippen MR) is 138 cm³/mol. The van der Waals surface area contributed by atoms with Crippen LogP contribution in [0, 0.1) is 10.1 Å². The van der Waals surface area contributed by atoms with E-state index in [2.05, 4.69) is 25.8 Å². The molecule has 0 aliphatic carbocycles. The Hall–Kier alpha value is -5.12. The first-order valence-corrected chi connectivity index (χ1v) is 11.0. The van der Waals surface area contributed by atoms with E-state index in [9.17, 15) is 14.9 Å². The van der Waals surface area contributed by atoms with Gasteiger partial charge in [0.2, 0.25) is 0 Å². The van der Waals surface area contributed by atoms with Crippen LogP contribution < -0.4 is 16.5 Å². The number of carbonyl (C=O) groups excluding carboxylic acids is 1.